The number of hydrogen-bond donors (Lipinski definition) is 0. The second-order valence-electron chi connectivity index (χ2n) is 33.0. The van der Waals surface area contributed by atoms with Crippen LogP contribution in [0, 0.1) is 39.7 Å². The van der Waals surface area contributed by atoms with E-state index in [0.29, 0.717) is 47.3 Å². The number of benzene rings is 8. The topological polar surface area (TPSA) is 343 Å². The number of carbonyl (C=O) groups excluding carboxylic acids is 10. The lowest BCUT2D eigenvalue weighted by Gasteiger charge is -2.29. The van der Waals surface area contributed by atoms with Crippen molar-refractivity contribution in [2.45, 2.75) is 139 Å². The van der Waals surface area contributed by atoms with E-state index >= 15 is 0 Å². The number of rotatable bonds is 31. The van der Waals surface area contributed by atoms with Crippen LogP contribution in [-0.2, 0) is 63.1 Å². The van der Waals surface area contributed by atoms with Gasteiger partial charge in [-0.2, -0.15) is 0 Å². The minimum absolute atomic E-state index is 0.00277. The summed E-state index contributed by atoms with van der Waals surface area (Å²) in [5.74, 6) is 0.686. The molecule has 144 heavy (non-hydrogen) atoms. The van der Waals surface area contributed by atoms with E-state index in [1.54, 1.807) is 158 Å². The van der Waals surface area contributed by atoms with Gasteiger partial charge in [0.25, 0.3) is 5.70 Å². The quantitative estimate of drug-likeness (QED) is 0.00569. The number of para-hydroxylation sites is 3. The fraction of sp³-hybridized carbons (Fsp3) is 0.274. The number of ketones is 2. The molecule has 0 fully saturated rings. The van der Waals surface area contributed by atoms with E-state index in [0.717, 1.165) is 58.1 Å². The second-order valence-corrected chi connectivity index (χ2v) is 35.1. The molecular weight excluding hydrogens is 1850 g/mol. The molecule has 0 aliphatic carbocycles. The number of allylic oxidation sites excluding steroid dienone is 7. The zero-order chi connectivity index (χ0) is 104. The molecule has 0 bridgehead atoms. The summed E-state index contributed by atoms with van der Waals surface area (Å²) in [6.45, 7) is 22.6. The first-order valence-corrected chi connectivity index (χ1v) is 49.2. The summed E-state index contributed by atoms with van der Waals surface area (Å²) in [6, 6.07) is 74.0. The lowest BCUT2D eigenvalue weighted by atomic mass is 9.83. The zero-order valence-corrected chi connectivity index (χ0v) is 83.7. The monoisotopic (exact) mass is 1980 g/mol. The number of Topliss-reactive ketones (excluding diaryl/α,β-unsaturated/α-hetero) is 2. The van der Waals surface area contributed by atoms with Gasteiger partial charge < -0.3 is 46.9 Å². The van der Waals surface area contributed by atoms with Gasteiger partial charge in [-0.15, -0.1) is 0 Å². The summed E-state index contributed by atoms with van der Waals surface area (Å²) < 4.78 is 67.0. The summed E-state index contributed by atoms with van der Waals surface area (Å²) in [7, 11) is -3.63. The molecule has 0 saturated heterocycles. The minimum Gasteiger partial charge on any atom is -0.491 e. The SMILES string of the molecule is CC(=O)N1C=CC(c2ccccc2)C(Oc2ccccc2)=C1.CC(C)C1C=CN(C(=O)Oc2ccccc2)C=C1OCc1ccccc1.CCCCCCC1C=CN(C(=O)OCC)C=C1C(=O)c1ccccc1.CCOC(=O)N1C=CC(C(C)C(C)=O)C(C(=O)Oc2ccccc2)=C1.CCOC(=O)N1C=CC(c2ccccc2)C([N+](=O)[O-])=C1.CCOP(=O)(OCC)C1C=CN(C(C)=O)C=C1OC(=O)c1ccccc1. The highest BCUT2D eigenvalue weighted by molar-refractivity contribution is 7.55. The normalized spacial score (nSPS) is 17.0. The van der Waals surface area contributed by atoms with E-state index < -0.39 is 72.2 Å². The molecule has 6 amide bonds. The van der Waals surface area contributed by atoms with Crippen molar-refractivity contribution in [1.29, 1.82) is 0 Å². The Morgan fingerprint density at radius 1 is 0.389 bits per heavy atom. The first-order chi connectivity index (χ1) is 69.5. The van der Waals surface area contributed by atoms with Gasteiger partial charge in [0.05, 0.1) is 85.7 Å². The summed E-state index contributed by atoms with van der Waals surface area (Å²) >= 11 is 0. The largest absolute Gasteiger partial charge is 0.491 e. The van der Waals surface area contributed by atoms with Crippen LogP contribution in [0.2, 0.25) is 0 Å². The standard InChI is InChI=1S/C22H23NO3.C21H27NO3.C19H21NO5.C19H17NO2.C18H22NO6P.C14H14N2O4/c1-17(2)20-13-14-23(22(24)26-19-11-7-4-8-12-19)15-21(20)25-16-18-9-5-3-6-10-18;1-3-5-6-8-11-17-14-15-22(21(24)25-4-2)16-19(17)20(23)18-12-9-7-10-13-18;1-4-24-19(23)20-11-10-16(13(2)14(3)21)17(12-20)18(22)25-15-8-6-5-7-9-15;1-15(21)20-13-12-18(16-8-4-2-5-9-16)19(14-20)22-17-10-6-3-7-11-17;1-4-23-26(22,24-5-2)17-11-12-19(14(3)20)13-16(17)25-18(21)15-9-7-6-8-10-15;1-2-20-14(17)15-9-8-12(13(10-15)16(18)19)11-6-4-3-5-7-11/h3-15,17,20H,16H2,1-2H3;7,9-10,12-17H,3-6,8,11H2,1-2H3;5-13,16H,4H2,1-3H3;2-14,18H,1H3;6-13,17H,4-5H2,1-3H3;3-10,12H,2H2,1H3. The molecule has 8 aromatic carbocycles. The van der Waals surface area contributed by atoms with Gasteiger partial charge in [-0.1, -0.05) is 272 Å². The molecule has 8 aromatic rings. The first kappa shape index (κ1) is 112. The predicted molar refractivity (Wildman–Crippen MR) is 546 cm³/mol. The summed E-state index contributed by atoms with van der Waals surface area (Å²) in [5, 5.41) is 11.2. The Kier molecular flexibility index (Phi) is 45.3. The molecule has 30 nitrogen and oxygen atoms in total. The highest BCUT2D eigenvalue weighted by Crippen LogP contribution is 2.57. The molecule has 0 saturated carbocycles. The summed E-state index contributed by atoms with van der Waals surface area (Å²) in [4.78, 5) is 140. The molecule has 0 N–H and O–H groups in total. The van der Waals surface area contributed by atoms with Gasteiger partial charge in [-0.05, 0) is 131 Å². The Bertz CT molecular complexity index is 6040. The van der Waals surface area contributed by atoms with Crippen molar-refractivity contribution in [1.82, 2.24) is 29.4 Å². The van der Waals surface area contributed by atoms with E-state index in [2.05, 4.69) is 32.9 Å². The van der Waals surface area contributed by atoms with Gasteiger partial charge in [0.2, 0.25) is 11.8 Å². The fourth-order valence-electron chi connectivity index (χ4n) is 14.8. The van der Waals surface area contributed by atoms with Gasteiger partial charge in [0.1, 0.15) is 52.6 Å². The molecule has 0 aromatic heterocycles. The second kappa shape index (κ2) is 58.3. The Balaban J connectivity index is 0.000000193. The fourth-order valence-corrected chi connectivity index (χ4v) is 16.6. The van der Waals surface area contributed by atoms with E-state index in [4.69, 9.17) is 46.9 Å². The van der Waals surface area contributed by atoms with Crippen molar-refractivity contribution in [2.75, 3.05) is 33.0 Å². The van der Waals surface area contributed by atoms with Crippen molar-refractivity contribution in [3.8, 4) is 17.2 Å². The lowest BCUT2D eigenvalue weighted by molar-refractivity contribution is -0.430. The van der Waals surface area contributed by atoms with Crippen molar-refractivity contribution < 1.29 is 104 Å². The number of unbranched alkanes of at least 4 members (excludes halogenated alkanes) is 3. The van der Waals surface area contributed by atoms with Crippen LogP contribution in [0.4, 0.5) is 19.2 Å². The van der Waals surface area contributed by atoms with Gasteiger partial charge in [0, 0.05) is 98.3 Å². The zero-order valence-electron chi connectivity index (χ0n) is 82.9. The van der Waals surface area contributed by atoms with Gasteiger partial charge in [-0.25, -0.2) is 28.8 Å². The maximum Gasteiger partial charge on any atom is 0.423 e. The molecule has 0 radical (unpaired) electrons. The van der Waals surface area contributed by atoms with E-state index in [1.807, 2.05) is 182 Å². The number of ether oxygens (including phenoxy) is 8. The molecule has 754 valence electrons. The molecule has 0 spiro atoms. The van der Waals surface area contributed by atoms with Gasteiger partial charge in [-0.3, -0.25) is 63.3 Å². The summed E-state index contributed by atoms with van der Waals surface area (Å²) in [5.41, 5.74) is 3.88. The number of nitrogens with zero attached hydrogens (tertiary/aromatic N) is 7. The Morgan fingerprint density at radius 2 is 0.806 bits per heavy atom. The third-order valence-corrected chi connectivity index (χ3v) is 24.7. The van der Waals surface area contributed by atoms with Crippen LogP contribution in [0.3, 0.4) is 0 Å². The van der Waals surface area contributed by atoms with E-state index in [-0.39, 0.29) is 84.6 Å². The molecular formula is C113H124N7O23P. The molecule has 14 rings (SSSR count). The Morgan fingerprint density at radius 3 is 1.30 bits per heavy atom. The number of esters is 2. The van der Waals surface area contributed by atoms with Gasteiger partial charge >= 0.3 is 43.9 Å². The van der Waals surface area contributed by atoms with E-state index in [9.17, 15) is 62.6 Å². The summed E-state index contributed by atoms with van der Waals surface area (Å²) in [6.07, 6.45) is 32.7. The van der Waals surface area contributed by atoms with Crippen molar-refractivity contribution >= 4 is 67.3 Å². The van der Waals surface area contributed by atoms with Crippen LogP contribution in [0.1, 0.15) is 164 Å². The third kappa shape index (κ3) is 34.2. The average molecular weight is 1980 g/mol. The Labute approximate surface area is 841 Å². The predicted octanol–water partition coefficient (Wildman–Crippen LogP) is 24.6. The van der Waals surface area contributed by atoms with Gasteiger partial charge in [0.15, 0.2) is 5.78 Å². The molecule has 31 heteroatoms. The Hall–Kier alpha value is -15.9. The highest BCUT2D eigenvalue weighted by atomic mass is 31.2. The number of carbonyl (C=O) groups is 10. The van der Waals surface area contributed by atoms with Crippen molar-refractivity contribution in [3.05, 3.63) is 426 Å². The molecule has 6 aliphatic rings. The van der Waals surface area contributed by atoms with Crippen LogP contribution < -0.4 is 14.2 Å². The molecule has 6 heterocycles. The van der Waals surface area contributed by atoms with E-state index in [1.165, 1.54) is 101 Å². The number of nitro groups is 1. The number of hydrogen-bond acceptors (Lipinski definition) is 23. The molecule has 7 atom stereocenters. The van der Waals surface area contributed by atoms with Crippen LogP contribution in [0.15, 0.2) is 388 Å². The van der Waals surface area contributed by atoms with Crippen LogP contribution in [0.5, 0.6) is 17.2 Å². The minimum atomic E-state index is -3.63. The van der Waals surface area contributed by atoms with Crippen molar-refractivity contribution in [3.63, 3.8) is 0 Å². The van der Waals surface area contributed by atoms with Crippen molar-refractivity contribution in [2.24, 2.45) is 29.6 Å². The maximum atomic E-state index is 13.1. The van der Waals surface area contributed by atoms with Crippen LogP contribution >= 0.6 is 7.60 Å². The highest BCUT2D eigenvalue weighted by Gasteiger charge is 2.42. The molecule has 6 aliphatic heterocycles. The maximum absolute atomic E-state index is 13.1. The van der Waals surface area contributed by atoms with Crippen LogP contribution in [-0.4, -0.2) is 133 Å². The first-order valence-electron chi connectivity index (χ1n) is 47.6. The third-order valence-electron chi connectivity index (χ3n) is 22.3. The smallest absolute Gasteiger partial charge is 0.423 e. The van der Waals surface area contributed by atoms with Crippen LogP contribution in [0.25, 0.3) is 0 Å². The average Bonchev–Trinajstić information content (AvgIpc) is 0.789. The molecule has 7 unspecified atom stereocenters. The lowest BCUT2D eigenvalue weighted by Crippen LogP contribution is -2.32. The number of amides is 6.